The van der Waals surface area contributed by atoms with Gasteiger partial charge in [0, 0.05) is 36.8 Å². The van der Waals surface area contributed by atoms with Crippen LogP contribution in [0.4, 0.5) is 14.4 Å². The molecule has 0 bridgehead atoms. The quantitative estimate of drug-likeness (QED) is 0.0419. The third-order valence-electron chi connectivity index (χ3n) is 6.56. The van der Waals surface area contributed by atoms with Crippen molar-refractivity contribution in [3.05, 3.63) is 71.8 Å². The zero-order valence-corrected chi connectivity index (χ0v) is 28.3. The lowest BCUT2D eigenvalue weighted by Gasteiger charge is -2.26. The highest BCUT2D eigenvalue weighted by Crippen LogP contribution is 2.33. The molecule has 0 aliphatic heterocycles. The second-order valence-electron chi connectivity index (χ2n) is 10.4. The van der Waals surface area contributed by atoms with Gasteiger partial charge in [0.25, 0.3) is 0 Å². The maximum atomic E-state index is 12.4. The first kappa shape index (κ1) is 38.3. The average molecular weight is 671 g/mol. The van der Waals surface area contributed by atoms with Gasteiger partial charge in [-0.05, 0) is 62.6 Å². The van der Waals surface area contributed by atoms with Crippen LogP contribution in [-0.4, -0.2) is 66.0 Å². The van der Waals surface area contributed by atoms with Crippen LogP contribution in [0.25, 0.3) is 0 Å². The molecule has 2 N–H and O–H groups in total. The molecule has 2 aromatic carbocycles. The molecular formula is C33H42N2O11Si. The minimum atomic E-state index is -3.01. The van der Waals surface area contributed by atoms with Crippen LogP contribution in [0.2, 0.25) is 6.04 Å². The van der Waals surface area contributed by atoms with E-state index in [1.165, 1.54) is 6.92 Å². The summed E-state index contributed by atoms with van der Waals surface area (Å²) in [4.78, 5) is 47.4. The number of hydrogen-bond donors (Lipinski definition) is 2. The Labute approximate surface area is 276 Å². The number of rotatable bonds is 17. The van der Waals surface area contributed by atoms with Gasteiger partial charge in [0.05, 0.1) is 12.7 Å². The summed E-state index contributed by atoms with van der Waals surface area (Å²) in [5.41, 5.74) is 1.59. The number of terminal acetylenes is 1. The molecule has 0 radical (unpaired) electrons. The number of ether oxygens (including phenoxy) is 4. The number of carbonyl (C=O) groups excluding carboxylic acids is 4. The average Bonchev–Trinajstić information content (AvgIpc) is 3.02. The third-order valence-corrected chi connectivity index (χ3v) is 9.42. The molecule has 2 aromatic rings. The zero-order valence-electron chi connectivity index (χ0n) is 27.3. The summed E-state index contributed by atoms with van der Waals surface area (Å²) in [5.74, 6) is -0.0628. The lowest BCUT2D eigenvalue weighted by Crippen LogP contribution is -2.45. The highest BCUT2D eigenvalue weighted by molar-refractivity contribution is 6.61. The van der Waals surface area contributed by atoms with Gasteiger partial charge in [-0.25, -0.2) is 19.2 Å². The molecular weight excluding hydrogens is 628 g/mol. The summed E-state index contributed by atoms with van der Waals surface area (Å²) in [6, 6.07) is 14.2. The van der Waals surface area contributed by atoms with E-state index in [2.05, 4.69) is 28.1 Å². The van der Waals surface area contributed by atoms with Crippen molar-refractivity contribution in [2.45, 2.75) is 52.5 Å². The van der Waals surface area contributed by atoms with Gasteiger partial charge in [-0.1, -0.05) is 51.1 Å². The summed E-state index contributed by atoms with van der Waals surface area (Å²) in [7, 11) is -3.01. The molecule has 0 saturated heterocycles. The van der Waals surface area contributed by atoms with Crippen molar-refractivity contribution in [2.75, 3.05) is 32.9 Å². The number of benzene rings is 2. The normalized spacial score (nSPS) is 11.0. The fourth-order valence-electron chi connectivity index (χ4n) is 4.16. The van der Waals surface area contributed by atoms with E-state index in [1.807, 2.05) is 39.8 Å². The highest BCUT2D eigenvalue weighted by atomic mass is 28.4. The molecule has 0 fully saturated rings. The van der Waals surface area contributed by atoms with Crippen molar-refractivity contribution in [2.24, 2.45) is 0 Å². The molecule has 47 heavy (non-hydrogen) atoms. The number of nitrogens with one attached hydrogen (secondary N) is 2. The van der Waals surface area contributed by atoms with E-state index in [9.17, 15) is 19.2 Å². The molecule has 0 saturated carbocycles. The van der Waals surface area contributed by atoms with E-state index >= 15 is 0 Å². The van der Waals surface area contributed by atoms with Crippen LogP contribution in [0.1, 0.15) is 52.2 Å². The Morgan fingerprint density at radius 2 is 1.38 bits per heavy atom. The van der Waals surface area contributed by atoms with Crippen molar-refractivity contribution in [3.8, 4) is 24.0 Å². The van der Waals surface area contributed by atoms with Crippen molar-refractivity contribution in [1.29, 1.82) is 0 Å². The Hall–Kier alpha value is -4.84. The van der Waals surface area contributed by atoms with Crippen LogP contribution in [-0.2, 0) is 33.0 Å². The van der Waals surface area contributed by atoms with Gasteiger partial charge in [0.15, 0.2) is 0 Å². The number of amides is 2. The maximum Gasteiger partial charge on any atom is 0.574 e. The summed E-state index contributed by atoms with van der Waals surface area (Å²) >= 11 is 0. The Morgan fingerprint density at radius 1 is 0.851 bits per heavy atom. The number of alkyl carbamates (subject to hydrolysis) is 1. The highest BCUT2D eigenvalue weighted by Gasteiger charge is 2.42. The van der Waals surface area contributed by atoms with Gasteiger partial charge >= 0.3 is 33.1 Å². The van der Waals surface area contributed by atoms with Crippen LogP contribution in [0.5, 0.6) is 11.5 Å². The third kappa shape index (κ3) is 12.8. The van der Waals surface area contributed by atoms with Gasteiger partial charge in [0.1, 0.15) is 18.1 Å². The summed E-state index contributed by atoms with van der Waals surface area (Å²) in [6.07, 6.45) is 5.12. The summed E-state index contributed by atoms with van der Waals surface area (Å²) < 4.78 is 36.6. The minimum Gasteiger partial charge on any atom is -0.460 e. The molecule has 0 spiro atoms. The Bertz CT molecular complexity index is 1400. The number of esters is 1. The molecule has 0 atom stereocenters. The SMILES string of the molecule is C#CO[Si](CCCNC(=O)Oc1ccc(C(C)(C)c2ccc(OC(=O)OC(=O)NCCOC(=O)C(=C)C)cc2)cc1)(OCC)OCC. The lowest BCUT2D eigenvalue weighted by atomic mass is 9.78. The van der Waals surface area contributed by atoms with Gasteiger partial charge < -0.3 is 42.9 Å². The fraction of sp³-hybridized carbons (Fsp3) is 0.394. The van der Waals surface area contributed by atoms with E-state index in [0.717, 1.165) is 11.1 Å². The van der Waals surface area contributed by atoms with E-state index in [-0.39, 0.29) is 24.5 Å². The van der Waals surface area contributed by atoms with Crippen molar-refractivity contribution >= 4 is 33.1 Å². The van der Waals surface area contributed by atoms with E-state index in [0.29, 0.717) is 38.0 Å². The molecule has 0 aliphatic rings. The number of hydrogen-bond acceptors (Lipinski definition) is 11. The van der Waals surface area contributed by atoms with Gasteiger partial charge in [-0.2, -0.15) is 0 Å². The molecule has 0 heterocycles. The van der Waals surface area contributed by atoms with Crippen molar-refractivity contribution < 1.29 is 51.4 Å². The smallest absolute Gasteiger partial charge is 0.460 e. The molecule has 2 amide bonds. The molecule has 0 aliphatic carbocycles. The lowest BCUT2D eigenvalue weighted by molar-refractivity contribution is -0.138. The van der Waals surface area contributed by atoms with Gasteiger partial charge in [-0.15, -0.1) is 0 Å². The van der Waals surface area contributed by atoms with Crippen LogP contribution >= 0.6 is 0 Å². The molecule has 0 aromatic heterocycles. The first-order chi connectivity index (χ1) is 22.4. The Morgan fingerprint density at radius 3 is 1.89 bits per heavy atom. The number of carbonyl (C=O) groups is 4. The second-order valence-corrected chi connectivity index (χ2v) is 13.1. The molecule has 14 heteroatoms. The summed E-state index contributed by atoms with van der Waals surface area (Å²) in [6.45, 7) is 13.5. The van der Waals surface area contributed by atoms with Crippen LogP contribution < -0.4 is 20.1 Å². The fourth-order valence-corrected chi connectivity index (χ4v) is 6.42. The van der Waals surface area contributed by atoms with E-state index in [1.54, 1.807) is 36.4 Å². The standard InChI is InChI=1S/C33H42N2O11Si/c1-8-41-47(42-9-2,43-10-3)23-11-20-34-30(37)44-27-16-12-25(13-17-27)33(6,7)26-14-18-28(19-15-26)45-32(39)46-31(38)35-21-22-40-29(36)24(4)5/h1,12-19H,4,9-11,20-23H2,2-3,5-7H3,(H,34,37)(H,35,38). The topological polar surface area (TPSA) is 157 Å². The predicted octanol–water partition coefficient (Wildman–Crippen LogP) is 5.45. The molecule has 2 rings (SSSR count). The van der Waals surface area contributed by atoms with Gasteiger partial charge in [0.2, 0.25) is 0 Å². The van der Waals surface area contributed by atoms with E-state index in [4.69, 9.17) is 33.9 Å². The maximum absolute atomic E-state index is 12.4. The molecule has 254 valence electrons. The zero-order chi connectivity index (χ0) is 34.9. The van der Waals surface area contributed by atoms with Crippen molar-refractivity contribution in [1.82, 2.24) is 10.6 Å². The molecule has 0 unspecified atom stereocenters. The van der Waals surface area contributed by atoms with Crippen LogP contribution in [0, 0.1) is 12.5 Å². The van der Waals surface area contributed by atoms with Crippen LogP contribution in [0.15, 0.2) is 60.7 Å². The van der Waals surface area contributed by atoms with E-state index < -0.39 is 38.5 Å². The molecule has 13 nitrogen and oxygen atoms in total. The van der Waals surface area contributed by atoms with Crippen LogP contribution in [0.3, 0.4) is 0 Å². The second kappa shape index (κ2) is 19.0. The first-order valence-electron chi connectivity index (χ1n) is 14.9. The minimum absolute atomic E-state index is 0.0634. The van der Waals surface area contributed by atoms with Crippen molar-refractivity contribution in [3.63, 3.8) is 0 Å². The summed E-state index contributed by atoms with van der Waals surface area (Å²) in [5, 5.41) is 4.97. The Kier molecular flexibility index (Phi) is 15.5. The van der Waals surface area contributed by atoms with Gasteiger partial charge in [-0.3, -0.25) is 0 Å². The largest absolute Gasteiger partial charge is 0.574 e. The predicted molar refractivity (Wildman–Crippen MR) is 174 cm³/mol. The monoisotopic (exact) mass is 670 g/mol. The first-order valence-corrected chi connectivity index (χ1v) is 16.9. The Balaban J connectivity index is 1.84.